The molecule has 1 aromatic carbocycles. The van der Waals surface area contributed by atoms with Gasteiger partial charge in [-0.3, -0.25) is 4.79 Å². The fraction of sp³-hybridized carbons (Fsp3) is 0.429. The SMILES string of the molecule is CC(O)CC(C)CNC(=O)c1ccc2nc[nH]c2c1. The van der Waals surface area contributed by atoms with E-state index >= 15 is 0 Å². The van der Waals surface area contributed by atoms with Crippen molar-refractivity contribution in [3.05, 3.63) is 30.1 Å². The zero-order chi connectivity index (χ0) is 13.8. The Morgan fingerprint density at radius 1 is 1.47 bits per heavy atom. The van der Waals surface area contributed by atoms with E-state index in [1.54, 1.807) is 25.4 Å². The number of aliphatic hydroxyl groups excluding tert-OH is 1. The monoisotopic (exact) mass is 261 g/mol. The first-order valence-electron chi connectivity index (χ1n) is 6.45. The molecule has 0 aliphatic rings. The maximum atomic E-state index is 12.0. The van der Waals surface area contributed by atoms with Gasteiger partial charge in [0.2, 0.25) is 0 Å². The summed E-state index contributed by atoms with van der Waals surface area (Å²) < 4.78 is 0. The fourth-order valence-electron chi connectivity index (χ4n) is 2.11. The second-order valence-corrected chi connectivity index (χ2v) is 5.03. The number of H-pyrrole nitrogens is 1. The van der Waals surface area contributed by atoms with Gasteiger partial charge in [0.25, 0.3) is 5.91 Å². The number of nitrogens with zero attached hydrogens (tertiary/aromatic N) is 1. The number of amides is 1. The molecule has 2 rings (SSSR count). The van der Waals surface area contributed by atoms with E-state index in [1.807, 2.05) is 13.0 Å². The van der Waals surface area contributed by atoms with E-state index in [9.17, 15) is 9.90 Å². The van der Waals surface area contributed by atoms with E-state index in [0.29, 0.717) is 18.5 Å². The average Bonchev–Trinajstić information content (AvgIpc) is 2.82. The zero-order valence-corrected chi connectivity index (χ0v) is 11.2. The summed E-state index contributed by atoms with van der Waals surface area (Å²) in [6, 6.07) is 5.37. The van der Waals surface area contributed by atoms with Crippen LogP contribution in [-0.2, 0) is 0 Å². The maximum absolute atomic E-state index is 12.0. The Hall–Kier alpha value is -1.88. The van der Waals surface area contributed by atoms with Gasteiger partial charge in [-0.1, -0.05) is 6.92 Å². The molecule has 0 saturated heterocycles. The predicted octanol–water partition coefficient (Wildman–Crippen LogP) is 1.70. The van der Waals surface area contributed by atoms with Crippen molar-refractivity contribution in [2.24, 2.45) is 5.92 Å². The summed E-state index contributed by atoms with van der Waals surface area (Å²) in [5.41, 5.74) is 2.31. The molecule has 1 aromatic heterocycles. The van der Waals surface area contributed by atoms with Gasteiger partial charge in [0.05, 0.1) is 23.5 Å². The highest BCUT2D eigenvalue weighted by atomic mass is 16.3. The number of hydrogen-bond donors (Lipinski definition) is 3. The first-order valence-corrected chi connectivity index (χ1v) is 6.45. The van der Waals surface area contributed by atoms with Gasteiger partial charge >= 0.3 is 0 Å². The Bertz CT molecular complexity index is 563. The van der Waals surface area contributed by atoms with Crippen LogP contribution in [0.25, 0.3) is 11.0 Å². The highest BCUT2D eigenvalue weighted by Crippen LogP contribution is 2.12. The molecule has 5 heteroatoms. The van der Waals surface area contributed by atoms with Crippen LogP contribution >= 0.6 is 0 Å². The molecule has 5 nitrogen and oxygen atoms in total. The Morgan fingerprint density at radius 2 is 2.26 bits per heavy atom. The van der Waals surface area contributed by atoms with Crippen molar-refractivity contribution in [2.75, 3.05) is 6.54 Å². The van der Waals surface area contributed by atoms with E-state index in [4.69, 9.17) is 0 Å². The number of aromatic nitrogens is 2. The van der Waals surface area contributed by atoms with Crippen LogP contribution in [0.4, 0.5) is 0 Å². The quantitative estimate of drug-likeness (QED) is 0.766. The normalized spacial score (nSPS) is 14.3. The number of carbonyl (C=O) groups excluding carboxylic acids is 1. The largest absolute Gasteiger partial charge is 0.393 e. The van der Waals surface area contributed by atoms with E-state index in [1.165, 1.54) is 0 Å². The summed E-state index contributed by atoms with van der Waals surface area (Å²) in [7, 11) is 0. The van der Waals surface area contributed by atoms with Gasteiger partial charge in [0.1, 0.15) is 0 Å². The lowest BCUT2D eigenvalue weighted by atomic mass is 10.0. The molecule has 0 aliphatic carbocycles. The van der Waals surface area contributed by atoms with Crippen molar-refractivity contribution in [2.45, 2.75) is 26.4 Å². The first-order chi connectivity index (χ1) is 9.06. The summed E-state index contributed by atoms with van der Waals surface area (Å²) in [5, 5.41) is 12.2. The summed E-state index contributed by atoms with van der Waals surface area (Å²) >= 11 is 0. The molecule has 0 radical (unpaired) electrons. The number of imidazole rings is 1. The van der Waals surface area contributed by atoms with Crippen LogP contribution < -0.4 is 5.32 Å². The Balaban J connectivity index is 1.95. The third-order valence-electron chi connectivity index (χ3n) is 3.04. The molecule has 1 heterocycles. The molecule has 0 fully saturated rings. The molecule has 0 spiro atoms. The molecule has 19 heavy (non-hydrogen) atoms. The zero-order valence-electron chi connectivity index (χ0n) is 11.2. The van der Waals surface area contributed by atoms with Gasteiger partial charge in [0.15, 0.2) is 0 Å². The highest BCUT2D eigenvalue weighted by Gasteiger charge is 2.10. The van der Waals surface area contributed by atoms with E-state index in [-0.39, 0.29) is 17.9 Å². The van der Waals surface area contributed by atoms with Gasteiger partial charge in [-0.05, 0) is 37.5 Å². The molecule has 2 atom stereocenters. The number of fused-ring (bicyclic) bond motifs is 1. The van der Waals surface area contributed by atoms with Crippen molar-refractivity contribution >= 4 is 16.9 Å². The number of carbonyl (C=O) groups is 1. The molecule has 0 bridgehead atoms. The molecule has 0 saturated carbocycles. The first kappa shape index (κ1) is 13.5. The molecule has 0 aliphatic heterocycles. The van der Waals surface area contributed by atoms with Gasteiger partial charge in [-0.25, -0.2) is 4.98 Å². The van der Waals surface area contributed by atoms with Crippen LogP contribution in [0.1, 0.15) is 30.6 Å². The number of nitrogens with one attached hydrogen (secondary N) is 2. The van der Waals surface area contributed by atoms with Crippen LogP contribution in [0.5, 0.6) is 0 Å². The number of rotatable bonds is 5. The van der Waals surface area contributed by atoms with Crippen LogP contribution in [0, 0.1) is 5.92 Å². The summed E-state index contributed by atoms with van der Waals surface area (Å²) in [4.78, 5) is 19.1. The van der Waals surface area contributed by atoms with Gasteiger partial charge in [0, 0.05) is 12.1 Å². The van der Waals surface area contributed by atoms with Gasteiger partial charge < -0.3 is 15.4 Å². The van der Waals surface area contributed by atoms with Crippen molar-refractivity contribution in [3.8, 4) is 0 Å². The molecular weight excluding hydrogens is 242 g/mol. The van der Waals surface area contributed by atoms with Crippen LogP contribution in [0.3, 0.4) is 0 Å². The van der Waals surface area contributed by atoms with Gasteiger partial charge in [-0.2, -0.15) is 0 Å². The summed E-state index contributed by atoms with van der Waals surface area (Å²) in [6.45, 7) is 4.32. The number of hydrogen-bond acceptors (Lipinski definition) is 3. The second kappa shape index (κ2) is 5.84. The second-order valence-electron chi connectivity index (χ2n) is 5.03. The third kappa shape index (κ3) is 3.54. The molecular formula is C14H19N3O2. The molecule has 2 aromatic rings. The predicted molar refractivity (Wildman–Crippen MR) is 73.9 cm³/mol. The molecule has 3 N–H and O–H groups in total. The van der Waals surface area contributed by atoms with Crippen molar-refractivity contribution in [1.82, 2.24) is 15.3 Å². The van der Waals surface area contributed by atoms with Crippen LogP contribution in [0.15, 0.2) is 24.5 Å². The summed E-state index contributed by atoms with van der Waals surface area (Å²) in [5.74, 6) is 0.147. The molecule has 102 valence electrons. The van der Waals surface area contributed by atoms with Gasteiger partial charge in [-0.15, -0.1) is 0 Å². The molecule has 2 unspecified atom stereocenters. The number of aliphatic hydroxyl groups is 1. The minimum atomic E-state index is -0.340. The van der Waals surface area contributed by atoms with Crippen LogP contribution in [-0.4, -0.2) is 33.6 Å². The topological polar surface area (TPSA) is 78.0 Å². The van der Waals surface area contributed by atoms with Crippen molar-refractivity contribution < 1.29 is 9.90 Å². The minimum Gasteiger partial charge on any atom is -0.393 e. The van der Waals surface area contributed by atoms with E-state index in [0.717, 1.165) is 11.0 Å². The lowest BCUT2D eigenvalue weighted by Gasteiger charge is -2.14. The smallest absolute Gasteiger partial charge is 0.251 e. The van der Waals surface area contributed by atoms with Crippen molar-refractivity contribution in [1.29, 1.82) is 0 Å². The van der Waals surface area contributed by atoms with E-state index < -0.39 is 0 Å². The number of benzene rings is 1. The standard InChI is InChI=1S/C14H19N3O2/c1-9(5-10(2)18)7-15-14(19)11-3-4-12-13(6-11)17-8-16-12/h3-4,6,8-10,18H,5,7H2,1-2H3,(H,15,19)(H,16,17). The Labute approximate surface area is 112 Å². The minimum absolute atomic E-state index is 0.103. The van der Waals surface area contributed by atoms with Crippen LogP contribution in [0.2, 0.25) is 0 Å². The fourth-order valence-corrected chi connectivity index (χ4v) is 2.11. The maximum Gasteiger partial charge on any atom is 0.251 e. The lowest BCUT2D eigenvalue weighted by Crippen LogP contribution is -2.29. The summed E-state index contributed by atoms with van der Waals surface area (Å²) in [6.07, 6.45) is 1.95. The average molecular weight is 261 g/mol. The Morgan fingerprint density at radius 3 is 3.00 bits per heavy atom. The molecule has 1 amide bonds. The van der Waals surface area contributed by atoms with Crippen molar-refractivity contribution in [3.63, 3.8) is 0 Å². The lowest BCUT2D eigenvalue weighted by molar-refractivity contribution is 0.0939. The Kier molecular flexibility index (Phi) is 4.16. The van der Waals surface area contributed by atoms with E-state index in [2.05, 4.69) is 15.3 Å². The highest BCUT2D eigenvalue weighted by molar-refractivity contribution is 5.97. The third-order valence-corrected chi connectivity index (χ3v) is 3.04. The number of aromatic amines is 1.